The van der Waals surface area contributed by atoms with E-state index in [9.17, 15) is 9.59 Å². The van der Waals surface area contributed by atoms with E-state index in [1.54, 1.807) is 17.0 Å². The molecule has 0 bridgehead atoms. The topological polar surface area (TPSA) is 75.4 Å². The van der Waals surface area contributed by atoms with Gasteiger partial charge in [0.25, 0.3) is 0 Å². The highest BCUT2D eigenvalue weighted by Crippen LogP contribution is 2.28. The van der Waals surface area contributed by atoms with Crippen LogP contribution in [0.4, 0.5) is 5.69 Å². The summed E-state index contributed by atoms with van der Waals surface area (Å²) in [5.41, 5.74) is 6.31. The molecule has 1 saturated heterocycles. The fourth-order valence-corrected chi connectivity index (χ4v) is 2.59. The first-order valence-corrected chi connectivity index (χ1v) is 7.47. The van der Waals surface area contributed by atoms with Crippen LogP contribution in [0.25, 0.3) is 0 Å². The maximum absolute atomic E-state index is 12.4. The second-order valence-corrected chi connectivity index (χ2v) is 5.77. The Bertz CT molecular complexity index is 537. The summed E-state index contributed by atoms with van der Waals surface area (Å²) in [7, 11) is 0. The van der Waals surface area contributed by atoms with Crippen LogP contribution in [0, 0.1) is 0 Å². The minimum absolute atomic E-state index is 0. The molecule has 2 atom stereocenters. The zero-order valence-corrected chi connectivity index (χ0v) is 14.0. The zero-order chi connectivity index (χ0) is 15.4. The fraction of sp³-hybridized carbons (Fsp3) is 0.467. The highest BCUT2D eigenvalue weighted by molar-refractivity contribution is 6.34. The van der Waals surface area contributed by atoms with E-state index in [0.29, 0.717) is 36.5 Å². The van der Waals surface area contributed by atoms with Crippen LogP contribution in [-0.4, -0.2) is 30.4 Å². The van der Waals surface area contributed by atoms with E-state index in [2.05, 4.69) is 5.32 Å². The molecule has 0 spiro atoms. The van der Waals surface area contributed by atoms with Crippen LogP contribution >= 0.6 is 24.0 Å². The smallest absolute Gasteiger partial charge is 0.249 e. The molecular weight excluding hydrogens is 325 g/mol. The SMILES string of the molecule is CC(N)CCC(=O)NC1CCN(c2ccccc2Cl)C1=O.Cl. The maximum Gasteiger partial charge on any atom is 0.249 e. The van der Waals surface area contributed by atoms with Crippen molar-refractivity contribution in [3.63, 3.8) is 0 Å². The molecule has 1 aromatic rings. The van der Waals surface area contributed by atoms with Gasteiger partial charge < -0.3 is 16.0 Å². The first kappa shape index (κ1) is 18.7. The lowest BCUT2D eigenvalue weighted by atomic mass is 10.1. The molecule has 2 rings (SSSR count). The number of anilines is 1. The van der Waals surface area contributed by atoms with Crippen molar-refractivity contribution >= 4 is 41.5 Å². The third kappa shape index (κ3) is 4.60. The number of nitrogens with zero attached hydrogens (tertiary/aromatic N) is 1. The molecule has 1 aliphatic heterocycles. The molecule has 1 heterocycles. The quantitative estimate of drug-likeness (QED) is 0.857. The van der Waals surface area contributed by atoms with Gasteiger partial charge in [-0.3, -0.25) is 9.59 Å². The van der Waals surface area contributed by atoms with Crippen molar-refractivity contribution in [1.29, 1.82) is 0 Å². The molecule has 1 aliphatic rings. The van der Waals surface area contributed by atoms with Gasteiger partial charge in [-0.05, 0) is 31.9 Å². The lowest BCUT2D eigenvalue weighted by molar-refractivity contribution is -0.126. The van der Waals surface area contributed by atoms with Gasteiger partial charge in [0, 0.05) is 19.0 Å². The molecule has 2 unspecified atom stereocenters. The van der Waals surface area contributed by atoms with Crippen LogP contribution in [0.1, 0.15) is 26.2 Å². The van der Waals surface area contributed by atoms with E-state index < -0.39 is 6.04 Å². The molecule has 0 saturated carbocycles. The number of halogens is 2. The fourth-order valence-electron chi connectivity index (χ4n) is 2.35. The van der Waals surface area contributed by atoms with Gasteiger partial charge in [-0.2, -0.15) is 0 Å². The summed E-state index contributed by atoms with van der Waals surface area (Å²) in [5.74, 6) is -0.246. The summed E-state index contributed by atoms with van der Waals surface area (Å²) >= 11 is 6.11. The van der Waals surface area contributed by atoms with Crippen molar-refractivity contribution < 1.29 is 9.59 Å². The number of nitrogens with two attached hydrogens (primary N) is 1. The third-order valence-electron chi connectivity index (χ3n) is 3.51. The Hall–Kier alpha value is -1.30. The highest BCUT2D eigenvalue weighted by Gasteiger charge is 2.34. The number of carbonyl (C=O) groups excluding carboxylic acids is 2. The Kier molecular flexibility index (Phi) is 7.13. The first-order chi connectivity index (χ1) is 9.99. The maximum atomic E-state index is 12.4. The summed E-state index contributed by atoms with van der Waals surface area (Å²) in [5, 5.41) is 3.31. The van der Waals surface area contributed by atoms with Gasteiger partial charge in [0.1, 0.15) is 6.04 Å². The number of rotatable bonds is 5. The number of carbonyl (C=O) groups is 2. The van der Waals surface area contributed by atoms with Crippen molar-refractivity contribution in [3.8, 4) is 0 Å². The Morgan fingerprint density at radius 3 is 2.82 bits per heavy atom. The van der Waals surface area contributed by atoms with E-state index in [1.807, 2.05) is 19.1 Å². The summed E-state index contributed by atoms with van der Waals surface area (Å²) in [6.45, 7) is 2.41. The van der Waals surface area contributed by atoms with Crippen molar-refractivity contribution in [2.75, 3.05) is 11.4 Å². The summed E-state index contributed by atoms with van der Waals surface area (Å²) in [4.78, 5) is 25.8. The molecule has 0 aromatic heterocycles. The summed E-state index contributed by atoms with van der Waals surface area (Å²) in [6.07, 6.45) is 1.54. The Morgan fingerprint density at radius 2 is 2.18 bits per heavy atom. The van der Waals surface area contributed by atoms with Gasteiger partial charge in [-0.1, -0.05) is 23.7 Å². The van der Waals surface area contributed by atoms with Crippen LogP contribution in [0.2, 0.25) is 5.02 Å². The van der Waals surface area contributed by atoms with Crippen LogP contribution in [0.3, 0.4) is 0 Å². The molecule has 2 amide bonds. The number of hydrogen-bond acceptors (Lipinski definition) is 3. The lowest BCUT2D eigenvalue weighted by Gasteiger charge is -2.18. The van der Waals surface area contributed by atoms with Crippen LogP contribution in [-0.2, 0) is 9.59 Å². The Balaban J connectivity index is 0.00000242. The predicted octanol–water partition coefficient (Wildman–Crippen LogP) is 2.11. The van der Waals surface area contributed by atoms with Crippen LogP contribution in [0.15, 0.2) is 24.3 Å². The van der Waals surface area contributed by atoms with Gasteiger partial charge in [-0.25, -0.2) is 0 Å². The number of nitrogens with one attached hydrogen (secondary N) is 1. The van der Waals surface area contributed by atoms with Gasteiger partial charge in [0.2, 0.25) is 11.8 Å². The van der Waals surface area contributed by atoms with Crippen molar-refractivity contribution in [1.82, 2.24) is 5.32 Å². The number of benzene rings is 1. The summed E-state index contributed by atoms with van der Waals surface area (Å²) in [6, 6.07) is 6.72. The average molecular weight is 346 g/mol. The minimum atomic E-state index is -0.471. The lowest BCUT2D eigenvalue weighted by Crippen LogP contribution is -2.41. The normalized spacial score (nSPS) is 18.8. The molecule has 0 radical (unpaired) electrons. The largest absolute Gasteiger partial charge is 0.344 e. The standard InChI is InChI=1S/C15H20ClN3O2.ClH/c1-10(17)6-7-14(20)18-12-8-9-19(15(12)21)13-5-3-2-4-11(13)16;/h2-5,10,12H,6-9,17H2,1H3,(H,18,20);1H. The third-order valence-corrected chi connectivity index (χ3v) is 3.83. The number of amides is 2. The molecule has 5 nitrogen and oxygen atoms in total. The molecule has 3 N–H and O–H groups in total. The van der Waals surface area contributed by atoms with Crippen molar-refractivity contribution in [2.24, 2.45) is 5.73 Å². The van der Waals surface area contributed by atoms with E-state index >= 15 is 0 Å². The van der Waals surface area contributed by atoms with E-state index in [4.69, 9.17) is 17.3 Å². The monoisotopic (exact) mass is 345 g/mol. The zero-order valence-electron chi connectivity index (χ0n) is 12.4. The number of hydrogen-bond donors (Lipinski definition) is 2. The van der Waals surface area contributed by atoms with E-state index in [0.717, 1.165) is 0 Å². The average Bonchev–Trinajstić information content (AvgIpc) is 2.79. The predicted molar refractivity (Wildman–Crippen MR) is 90.5 cm³/mol. The Morgan fingerprint density at radius 1 is 1.50 bits per heavy atom. The second-order valence-electron chi connectivity index (χ2n) is 5.37. The first-order valence-electron chi connectivity index (χ1n) is 7.10. The van der Waals surface area contributed by atoms with E-state index in [1.165, 1.54) is 0 Å². The molecule has 0 aliphatic carbocycles. The molecule has 122 valence electrons. The van der Waals surface area contributed by atoms with Gasteiger partial charge in [0.15, 0.2) is 0 Å². The molecule has 1 aromatic carbocycles. The second kappa shape index (κ2) is 8.36. The number of para-hydroxylation sites is 1. The molecular formula is C15H21Cl2N3O2. The van der Waals surface area contributed by atoms with Gasteiger partial charge in [0.05, 0.1) is 10.7 Å². The van der Waals surface area contributed by atoms with Crippen molar-refractivity contribution in [3.05, 3.63) is 29.3 Å². The summed E-state index contributed by atoms with van der Waals surface area (Å²) < 4.78 is 0. The van der Waals surface area contributed by atoms with Crippen LogP contribution < -0.4 is 16.0 Å². The van der Waals surface area contributed by atoms with Crippen LogP contribution in [0.5, 0.6) is 0 Å². The molecule has 1 fully saturated rings. The van der Waals surface area contributed by atoms with E-state index in [-0.39, 0.29) is 30.3 Å². The molecule has 7 heteroatoms. The Labute approximate surface area is 141 Å². The highest BCUT2D eigenvalue weighted by atomic mass is 35.5. The van der Waals surface area contributed by atoms with Crippen molar-refractivity contribution in [2.45, 2.75) is 38.3 Å². The minimum Gasteiger partial charge on any atom is -0.344 e. The molecule has 22 heavy (non-hydrogen) atoms. The van der Waals surface area contributed by atoms with Gasteiger partial charge in [-0.15, -0.1) is 12.4 Å². The van der Waals surface area contributed by atoms with Gasteiger partial charge >= 0.3 is 0 Å².